The van der Waals surface area contributed by atoms with Crippen LogP contribution in [0.2, 0.25) is 0 Å². The summed E-state index contributed by atoms with van der Waals surface area (Å²) in [5, 5.41) is 10.5. The van der Waals surface area contributed by atoms with Crippen LogP contribution in [0.4, 0.5) is 5.69 Å². The fraction of sp³-hybridized carbons (Fsp3) is 0.294. The molecule has 3 rings (SSSR count). The Morgan fingerprint density at radius 2 is 2.22 bits per heavy atom. The first kappa shape index (κ1) is 16.1. The van der Waals surface area contributed by atoms with Crippen LogP contribution in [-0.2, 0) is 11.3 Å². The van der Waals surface area contributed by atoms with Crippen molar-refractivity contribution in [1.82, 2.24) is 4.57 Å². The van der Waals surface area contributed by atoms with Crippen LogP contribution in [-0.4, -0.2) is 29.1 Å². The van der Waals surface area contributed by atoms with Gasteiger partial charge in [-0.3, -0.25) is 9.56 Å². The first-order chi connectivity index (χ1) is 11.2. The van der Waals surface area contributed by atoms with E-state index in [1.807, 2.05) is 43.5 Å². The molecule has 0 saturated heterocycles. The molecule has 0 atom stereocenters. The molecule has 1 aromatic heterocycles. The van der Waals surface area contributed by atoms with E-state index < -0.39 is 0 Å². The molecule has 2 aromatic rings. The van der Waals surface area contributed by atoms with E-state index in [9.17, 15) is 5.11 Å². The Morgan fingerprint density at radius 1 is 1.39 bits per heavy atom. The van der Waals surface area contributed by atoms with Gasteiger partial charge in [-0.15, -0.1) is 11.3 Å². The van der Waals surface area contributed by atoms with Gasteiger partial charge in [0.15, 0.2) is 3.95 Å². The van der Waals surface area contributed by atoms with E-state index in [1.165, 1.54) is 11.3 Å². The summed E-state index contributed by atoms with van der Waals surface area (Å²) in [4.78, 5) is 5.15. The second-order valence-electron chi connectivity index (χ2n) is 5.13. The molecule has 0 amide bonds. The molecular weight excluding hydrogens is 328 g/mol. The highest BCUT2D eigenvalue weighted by Gasteiger charge is 2.15. The first-order valence-electron chi connectivity index (χ1n) is 7.56. The third-order valence-electron chi connectivity index (χ3n) is 3.61. The molecule has 4 nitrogen and oxygen atoms in total. The molecule has 1 aliphatic rings. The van der Waals surface area contributed by atoms with Crippen LogP contribution in [0.5, 0.6) is 5.88 Å². The lowest BCUT2D eigenvalue weighted by Gasteiger charge is -2.05. The van der Waals surface area contributed by atoms with Gasteiger partial charge in [-0.2, -0.15) is 0 Å². The maximum absolute atomic E-state index is 10.5. The zero-order valence-corrected chi connectivity index (χ0v) is 14.5. The zero-order chi connectivity index (χ0) is 16.2. The van der Waals surface area contributed by atoms with Crippen molar-refractivity contribution in [2.24, 2.45) is 4.99 Å². The van der Waals surface area contributed by atoms with Gasteiger partial charge < -0.3 is 9.84 Å². The number of fused-ring (bicyclic) bond motifs is 1. The topological polar surface area (TPSA) is 46.8 Å². The molecule has 6 heteroatoms. The molecule has 1 aliphatic heterocycles. The Hall–Kier alpha value is -1.76. The SMILES string of the molecule is CCOCCCn1c(O)c(/C=C2\C=Nc3ccccc32)sc1=S. The van der Waals surface area contributed by atoms with Crippen LogP contribution >= 0.6 is 23.6 Å². The Kier molecular flexibility index (Phi) is 5.05. The molecule has 0 aliphatic carbocycles. The lowest BCUT2D eigenvalue weighted by molar-refractivity contribution is 0.141. The lowest BCUT2D eigenvalue weighted by atomic mass is 10.1. The number of benzene rings is 1. The fourth-order valence-electron chi connectivity index (χ4n) is 2.47. The maximum Gasteiger partial charge on any atom is 0.210 e. The van der Waals surface area contributed by atoms with Crippen LogP contribution in [0.15, 0.2) is 29.3 Å². The number of ether oxygens (including phenoxy) is 1. The van der Waals surface area contributed by atoms with Crippen molar-refractivity contribution >= 4 is 47.1 Å². The Balaban J connectivity index is 1.84. The van der Waals surface area contributed by atoms with Crippen LogP contribution in [0, 0.1) is 3.95 Å². The molecule has 1 N–H and O–H groups in total. The van der Waals surface area contributed by atoms with Gasteiger partial charge >= 0.3 is 0 Å². The van der Waals surface area contributed by atoms with Gasteiger partial charge in [-0.25, -0.2) is 0 Å². The highest BCUT2D eigenvalue weighted by atomic mass is 32.1. The van der Waals surface area contributed by atoms with Crippen LogP contribution in [0.1, 0.15) is 23.8 Å². The molecule has 0 unspecified atom stereocenters. The average Bonchev–Trinajstić information content (AvgIpc) is 3.08. The van der Waals surface area contributed by atoms with Crippen molar-refractivity contribution < 1.29 is 9.84 Å². The summed E-state index contributed by atoms with van der Waals surface area (Å²) in [6.07, 6.45) is 4.60. The zero-order valence-electron chi connectivity index (χ0n) is 12.9. The van der Waals surface area contributed by atoms with E-state index >= 15 is 0 Å². The van der Waals surface area contributed by atoms with E-state index in [0.29, 0.717) is 23.7 Å². The normalized spacial score (nSPS) is 14.6. The third kappa shape index (κ3) is 3.44. The quantitative estimate of drug-likeness (QED) is 0.611. The van der Waals surface area contributed by atoms with Gasteiger partial charge in [-0.1, -0.05) is 18.2 Å². The summed E-state index contributed by atoms with van der Waals surface area (Å²) in [7, 11) is 0. The number of hydrogen-bond donors (Lipinski definition) is 1. The molecular formula is C17H18N2O2S2. The highest BCUT2D eigenvalue weighted by molar-refractivity contribution is 7.73. The number of thiazole rings is 1. The van der Waals surface area contributed by atoms with Crippen molar-refractivity contribution in [1.29, 1.82) is 0 Å². The van der Waals surface area contributed by atoms with Crippen LogP contribution in [0.25, 0.3) is 11.6 Å². The number of aromatic nitrogens is 1. The molecule has 0 spiro atoms. The van der Waals surface area contributed by atoms with Gasteiger partial charge in [-0.05, 0) is 37.7 Å². The van der Waals surface area contributed by atoms with E-state index in [-0.39, 0.29) is 5.88 Å². The predicted molar refractivity (Wildman–Crippen MR) is 98.4 cm³/mol. The number of rotatable bonds is 6. The van der Waals surface area contributed by atoms with Gasteiger partial charge in [0.2, 0.25) is 5.88 Å². The Labute approximate surface area is 144 Å². The summed E-state index contributed by atoms with van der Waals surface area (Å²) in [6, 6.07) is 7.97. The number of nitrogens with zero attached hydrogens (tertiary/aromatic N) is 2. The second-order valence-corrected chi connectivity index (χ2v) is 6.81. The number of hydrogen-bond acceptors (Lipinski definition) is 5. The summed E-state index contributed by atoms with van der Waals surface area (Å²) >= 11 is 6.79. The Bertz CT molecular complexity index is 818. The minimum Gasteiger partial charge on any atom is -0.493 e. The number of allylic oxidation sites excluding steroid dienone is 1. The minimum absolute atomic E-state index is 0.224. The lowest BCUT2D eigenvalue weighted by Crippen LogP contribution is -2.02. The number of para-hydroxylation sites is 1. The molecule has 2 heterocycles. The van der Waals surface area contributed by atoms with E-state index in [2.05, 4.69) is 4.99 Å². The van der Waals surface area contributed by atoms with Crippen LogP contribution in [0.3, 0.4) is 0 Å². The van der Waals surface area contributed by atoms with Gasteiger partial charge in [0, 0.05) is 37.1 Å². The molecule has 0 radical (unpaired) electrons. The Morgan fingerprint density at radius 3 is 3.04 bits per heavy atom. The maximum atomic E-state index is 10.5. The number of aliphatic imine (C=N–C) groups is 1. The molecule has 120 valence electrons. The van der Waals surface area contributed by atoms with Crippen molar-refractivity contribution in [3.05, 3.63) is 38.7 Å². The molecule has 1 aromatic carbocycles. The molecule has 0 saturated carbocycles. The fourth-order valence-corrected chi connectivity index (χ4v) is 3.78. The average molecular weight is 346 g/mol. The molecule has 0 bridgehead atoms. The largest absolute Gasteiger partial charge is 0.493 e. The standard InChI is InChI=1S/C17H18N2O2S2/c1-2-21-9-5-8-19-16(20)15(23-17(19)22)10-12-11-18-14-7-4-3-6-13(12)14/h3-4,6-7,10-11,20H,2,5,8-9H2,1H3/b12-10+. The molecule has 23 heavy (non-hydrogen) atoms. The summed E-state index contributed by atoms with van der Waals surface area (Å²) < 4.78 is 7.78. The van der Waals surface area contributed by atoms with Crippen molar-refractivity contribution in [3.8, 4) is 5.88 Å². The summed E-state index contributed by atoms with van der Waals surface area (Å²) in [5.74, 6) is 0.224. The minimum atomic E-state index is 0.224. The third-order valence-corrected chi connectivity index (χ3v) is 5.00. The first-order valence-corrected chi connectivity index (χ1v) is 8.78. The number of aromatic hydroxyl groups is 1. The van der Waals surface area contributed by atoms with E-state index in [0.717, 1.165) is 28.1 Å². The van der Waals surface area contributed by atoms with Crippen molar-refractivity contribution in [2.45, 2.75) is 19.9 Å². The van der Waals surface area contributed by atoms with Gasteiger partial charge in [0.05, 0.1) is 10.6 Å². The smallest absolute Gasteiger partial charge is 0.210 e. The van der Waals surface area contributed by atoms with Gasteiger partial charge in [0.25, 0.3) is 0 Å². The van der Waals surface area contributed by atoms with Crippen molar-refractivity contribution in [2.75, 3.05) is 13.2 Å². The monoisotopic (exact) mass is 346 g/mol. The van der Waals surface area contributed by atoms with Gasteiger partial charge in [0.1, 0.15) is 0 Å². The predicted octanol–water partition coefficient (Wildman–Crippen LogP) is 4.67. The molecule has 0 fully saturated rings. The van der Waals surface area contributed by atoms with Crippen LogP contribution < -0.4 is 0 Å². The summed E-state index contributed by atoms with van der Waals surface area (Å²) in [6.45, 7) is 4.01. The summed E-state index contributed by atoms with van der Waals surface area (Å²) in [5.41, 5.74) is 3.03. The second kappa shape index (κ2) is 7.21. The van der Waals surface area contributed by atoms with E-state index in [1.54, 1.807) is 4.57 Å². The van der Waals surface area contributed by atoms with Crippen molar-refractivity contribution in [3.63, 3.8) is 0 Å². The van der Waals surface area contributed by atoms with E-state index in [4.69, 9.17) is 17.0 Å². The highest BCUT2D eigenvalue weighted by Crippen LogP contribution is 2.35.